The number of aliphatic carboxylic acids is 1. The monoisotopic (exact) mass is 912 g/mol. The van der Waals surface area contributed by atoms with Gasteiger partial charge in [-0.15, -0.1) is 0 Å². The second kappa shape index (κ2) is 24.3. The molecular weight excluding hydrogens is 847 g/mol. The number of anilines is 1. The number of hydrogen-bond acceptors (Lipinski definition) is 12. The summed E-state index contributed by atoms with van der Waals surface area (Å²) < 4.78 is 22.9. The Hall–Kier alpha value is -5.28. The highest BCUT2D eigenvalue weighted by Gasteiger charge is 2.56. The van der Waals surface area contributed by atoms with Gasteiger partial charge in [0.25, 0.3) is 11.8 Å². The van der Waals surface area contributed by atoms with Crippen LogP contribution in [0.3, 0.4) is 0 Å². The van der Waals surface area contributed by atoms with Crippen LogP contribution in [0.2, 0.25) is 0 Å². The number of quaternary nitrogens is 1. The number of nitrogens with zero attached hydrogens (tertiary/aromatic N) is 3. The van der Waals surface area contributed by atoms with Crippen LogP contribution in [0.4, 0.5) is 10.5 Å². The molecule has 20 heteroatoms. The molecule has 4 unspecified atom stereocenters. The zero-order chi connectivity index (χ0) is 47.1. The molecule has 5 rings (SSSR count). The van der Waals surface area contributed by atoms with E-state index in [-0.39, 0.29) is 119 Å². The number of carboxylic acids is 1. The van der Waals surface area contributed by atoms with Gasteiger partial charge in [-0.3, -0.25) is 38.5 Å². The molecule has 4 heterocycles. The van der Waals surface area contributed by atoms with E-state index < -0.39 is 41.9 Å². The number of carbonyl (C=O) groups excluding carboxylic acids is 7. The highest BCUT2D eigenvalue weighted by Crippen LogP contribution is 2.44. The number of carbonyl (C=O) groups is 8. The number of ketones is 1. The molecule has 20 nitrogen and oxygen atoms in total. The average Bonchev–Trinajstić information content (AvgIpc) is 3.98. The smallest absolute Gasteiger partial charge is 0.312 e. The van der Waals surface area contributed by atoms with Crippen molar-refractivity contribution in [3.05, 3.63) is 42.0 Å². The van der Waals surface area contributed by atoms with Gasteiger partial charge in [0.1, 0.15) is 6.54 Å². The van der Waals surface area contributed by atoms with Gasteiger partial charge in [0, 0.05) is 48.7 Å². The Morgan fingerprint density at radius 2 is 1.48 bits per heavy atom. The highest BCUT2D eigenvalue weighted by molar-refractivity contribution is 6.12. The van der Waals surface area contributed by atoms with Crippen LogP contribution in [0, 0.1) is 23.7 Å². The van der Waals surface area contributed by atoms with Gasteiger partial charge in [-0.1, -0.05) is 26.0 Å². The fourth-order valence-electron chi connectivity index (χ4n) is 8.86. The van der Waals surface area contributed by atoms with Crippen molar-refractivity contribution in [1.82, 2.24) is 20.4 Å². The third kappa shape index (κ3) is 14.9. The van der Waals surface area contributed by atoms with Crippen LogP contribution < -0.4 is 21.7 Å². The van der Waals surface area contributed by atoms with Gasteiger partial charge in [-0.25, -0.2) is 4.79 Å². The van der Waals surface area contributed by atoms with Crippen LogP contribution in [0.5, 0.6) is 0 Å². The predicted molar refractivity (Wildman–Crippen MR) is 233 cm³/mol. The minimum absolute atomic E-state index is 0.00319. The quantitative estimate of drug-likeness (QED) is 0.0466. The zero-order valence-electron chi connectivity index (χ0n) is 37.7. The van der Waals surface area contributed by atoms with Gasteiger partial charge < -0.3 is 55.1 Å². The van der Waals surface area contributed by atoms with Crippen molar-refractivity contribution < 1.29 is 66.9 Å². The lowest BCUT2D eigenvalue weighted by molar-refractivity contribution is -0.926. The first-order chi connectivity index (χ1) is 31.0. The van der Waals surface area contributed by atoms with E-state index in [1.165, 1.54) is 12.2 Å². The number of rotatable bonds is 27. The largest absolute Gasteiger partial charge is 0.481 e. The number of amides is 7. The van der Waals surface area contributed by atoms with Gasteiger partial charge in [-0.05, 0) is 43.7 Å². The maximum absolute atomic E-state index is 13.7. The number of urea groups is 1. The minimum atomic E-state index is -0.972. The molecule has 6 N–H and O–H groups in total. The van der Waals surface area contributed by atoms with Crippen molar-refractivity contribution in [2.45, 2.75) is 77.2 Å². The van der Waals surface area contributed by atoms with Gasteiger partial charge in [0.05, 0.1) is 109 Å². The summed E-state index contributed by atoms with van der Waals surface area (Å²) in [5.74, 6) is -5.34. The standard InChI is InChI=1S/C45H65N7O13/c1-29(2)41(49-36(54)14-21-62-23-25-64-26-24-63-22-18-51-37(55)12-13-38(51)56)33(53)27-31(5-4-15-47-45(46)61)42(57)48-32-8-6-30(7-9-32)28-52(3)19-16-50(17-20-52)43(58)39-34-10-11-35(65-34)40(39)44(59)60/h6-9,12-13,29,31,34-35,39-41H,4-5,10-11,14-28H2,1-3H3,(H5-,46,47,48,49,54,57,59,60,61)/p+1/t31-,34?,35?,39?,40?,41+/m1/s1. The van der Waals surface area contributed by atoms with Gasteiger partial charge in [-0.2, -0.15) is 0 Å². The molecule has 1 aromatic carbocycles. The molecule has 0 radical (unpaired) electrons. The number of Topliss-reactive ketones (excluding diaryl/α,β-unsaturated/α-hetero) is 1. The van der Waals surface area contributed by atoms with E-state index in [0.717, 1.165) is 10.5 Å². The maximum atomic E-state index is 13.7. The Morgan fingerprint density at radius 3 is 2.08 bits per heavy atom. The second-order valence-electron chi connectivity index (χ2n) is 17.8. The summed E-state index contributed by atoms with van der Waals surface area (Å²) in [5.41, 5.74) is 6.80. The van der Waals surface area contributed by atoms with E-state index in [1.807, 2.05) is 26.0 Å². The van der Waals surface area contributed by atoms with Gasteiger partial charge in [0.15, 0.2) is 5.78 Å². The highest BCUT2D eigenvalue weighted by atomic mass is 16.5. The van der Waals surface area contributed by atoms with E-state index in [1.54, 1.807) is 17.0 Å². The van der Waals surface area contributed by atoms with Crippen molar-refractivity contribution in [3.8, 4) is 0 Å². The molecule has 3 saturated heterocycles. The fourth-order valence-corrected chi connectivity index (χ4v) is 8.86. The van der Waals surface area contributed by atoms with Crippen LogP contribution >= 0.6 is 0 Å². The molecule has 65 heavy (non-hydrogen) atoms. The van der Waals surface area contributed by atoms with Crippen LogP contribution in [-0.4, -0.2) is 171 Å². The van der Waals surface area contributed by atoms with Crippen molar-refractivity contribution >= 4 is 53.0 Å². The summed E-state index contributed by atoms with van der Waals surface area (Å²) in [6, 6.07) is 5.93. The number of ether oxygens (including phenoxy) is 4. The predicted octanol–water partition coefficient (Wildman–Crippen LogP) is 0.822. The number of fused-ring (bicyclic) bond motifs is 2. The molecule has 358 valence electrons. The molecule has 0 spiro atoms. The number of carboxylic acid groups (broad SMARTS) is 1. The number of nitrogens with two attached hydrogens (primary N) is 1. The first-order valence-electron chi connectivity index (χ1n) is 22.6. The van der Waals surface area contributed by atoms with E-state index in [4.69, 9.17) is 24.7 Å². The molecule has 0 saturated carbocycles. The molecule has 4 aliphatic rings. The maximum Gasteiger partial charge on any atom is 0.312 e. The Labute approximate surface area is 379 Å². The molecule has 1 aromatic rings. The van der Waals surface area contributed by atoms with Crippen LogP contribution in [0.1, 0.15) is 57.9 Å². The SMILES string of the molecule is CC(C)[C@H](NC(=O)CCOCCOCCOCCN1C(=O)C=CC1=O)C(=O)C[C@@H](CCCNC(N)=O)C(=O)Nc1ccc(C[N+]2(C)CCN(C(=O)C3C4CCC(O4)C3C(=O)O)CC2)cc1. The lowest BCUT2D eigenvalue weighted by Gasteiger charge is -2.43. The number of piperazine rings is 1. The third-order valence-electron chi connectivity index (χ3n) is 12.5. The Morgan fingerprint density at radius 1 is 0.877 bits per heavy atom. The van der Waals surface area contributed by atoms with Crippen molar-refractivity contribution in [1.29, 1.82) is 0 Å². The van der Waals surface area contributed by atoms with Crippen molar-refractivity contribution in [2.75, 3.05) is 91.3 Å². The minimum Gasteiger partial charge on any atom is -0.481 e. The molecule has 2 bridgehead atoms. The summed E-state index contributed by atoms with van der Waals surface area (Å²) in [6.07, 6.45) is 3.62. The molecule has 6 atom stereocenters. The topological polar surface area (TPSA) is 262 Å². The summed E-state index contributed by atoms with van der Waals surface area (Å²) in [4.78, 5) is 103. The Kier molecular flexibility index (Phi) is 19.0. The van der Waals surface area contributed by atoms with E-state index in [9.17, 15) is 43.5 Å². The Balaban J connectivity index is 1.03. The number of likely N-dealkylation sites (N-methyl/N-ethyl adjacent to an activating group) is 1. The van der Waals surface area contributed by atoms with Gasteiger partial charge in [0.2, 0.25) is 17.7 Å². The van der Waals surface area contributed by atoms with E-state index in [0.29, 0.717) is 62.2 Å². The Bertz CT molecular complexity index is 1870. The molecule has 0 aromatic heterocycles. The molecule has 0 aliphatic carbocycles. The van der Waals surface area contributed by atoms with Crippen LogP contribution in [0.15, 0.2) is 36.4 Å². The molecule has 4 aliphatic heterocycles. The summed E-state index contributed by atoms with van der Waals surface area (Å²) >= 11 is 0. The van der Waals surface area contributed by atoms with E-state index >= 15 is 0 Å². The van der Waals surface area contributed by atoms with E-state index in [2.05, 4.69) is 23.0 Å². The summed E-state index contributed by atoms with van der Waals surface area (Å²) in [6.45, 7) is 8.42. The molecular formula is C45H66N7O13+. The van der Waals surface area contributed by atoms with Gasteiger partial charge >= 0.3 is 12.0 Å². The second-order valence-corrected chi connectivity index (χ2v) is 17.8. The zero-order valence-corrected chi connectivity index (χ0v) is 37.7. The number of benzene rings is 1. The lowest BCUT2D eigenvalue weighted by atomic mass is 9.78. The number of nitrogens with one attached hydrogen (secondary N) is 3. The normalized spacial score (nSPS) is 22.0. The van der Waals surface area contributed by atoms with Crippen molar-refractivity contribution in [2.24, 2.45) is 29.4 Å². The fraction of sp³-hybridized carbons (Fsp3) is 0.644. The van der Waals surface area contributed by atoms with Crippen LogP contribution in [0.25, 0.3) is 0 Å². The average molecular weight is 913 g/mol. The first kappa shape index (κ1) is 50.7. The first-order valence-corrected chi connectivity index (χ1v) is 22.6. The van der Waals surface area contributed by atoms with Crippen molar-refractivity contribution in [3.63, 3.8) is 0 Å². The third-order valence-corrected chi connectivity index (χ3v) is 12.5. The summed E-state index contributed by atoms with van der Waals surface area (Å²) in [7, 11) is 2.13. The van der Waals surface area contributed by atoms with Crippen LogP contribution in [-0.2, 0) is 59.1 Å². The molecule has 3 fully saturated rings. The number of primary amides is 1. The number of imide groups is 1. The lowest BCUT2D eigenvalue weighted by Crippen LogP contribution is -2.59. The number of hydrogen-bond donors (Lipinski definition) is 5. The molecule has 7 amide bonds. The summed E-state index contributed by atoms with van der Waals surface area (Å²) in [5, 5.41) is 18.1.